The van der Waals surface area contributed by atoms with Crippen molar-refractivity contribution in [2.45, 2.75) is 83.6 Å². The number of rotatable bonds is 10. The molecule has 5 aliphatic carbocycles. The lowest BCUT2D eigenvalue weighted by atomic mass is 9.44. The summed E-state index contributed by atoms with van der Waals surface area (Å²) >= 11 is 0. The van der Waals surface area contributed by atoms with Crippen LogP contribution in [-0.2, 0) is 38.2 Å². The summed E-state index contributed by atoms with van der Waals surface area (Å²) in [5.74, 6) is -6.33. The molecule has 6 rings (SSSR count). The fourth-order valence-corrected chi connectivity index (χ4v) is 9.89. The van der Waals surface area contributed by atoms with Gasteiger partial charge < -0.3 is 25.1 Å². The molecular weight excluding hydrogens is 701 g/mol. The van der Waals surface area contributed by atoms with Crippen LogP contribution < -0.4 is 5.73 Å². The highest BCUT2D eigenvalue weighted by molar-refractivity contribution is 6.27. The van der Waals surface area contributed by atoms with Crippen LogP contribution in [-0.4, -0.2) is 76.7 Å². The molecule has 0 amide bonds. The van der Waals surface area contributed by atoms with Gasteiger partial charge in [-0.05, 0) is 68.7 Å². The quantitative estimate of drug-likeness (QED) is 0.257. The minimum absolute atomic E-state index is 0.0385. The molecule has 1 aromatic carbocycles. The van der Waals surface area contributed by atoms with Gasteiger partial charge in [-0.2, -0.15) is 0 Å². The minimum atomic E-state index is -2.25. The molecule has 12 nitrogen and oxygen atoms in total. The number of aliphatic hydroxyl groups is 1. The number of ether oxygens (including phenoxy) is 3. The zero-order chi connectivity index (χ0) is 39.4. The molecule has 0 aliphatic heterocycles. The van der Waals surface area contributed by atoms with Gasteiger partial charge in [0, 0.05) is 40.4 Å². The predicted octanol–water partition coefficient (Wildman–Crippen LogP) is 4.19. The van der Waals surface area contributed by atoms with Crippen molar-refractivity contribution in [3.63, 3.8) is 0 Å². The van der Waals surface area contributed by atoms with E-state index >= 15 is 4.39 Å². The Hall–Kier alpha value is -5.04. The molecular formula is C41H44FNO11. The lowest BCUT2D eigenvalue weighted by Crippen LogP contribution is -2.70. The van der Waals surface area contributed by atoms with E-state index in [9.17, 15) is 38.7 Å². The van der Waals surface area contributed by atoms with Crippen molar-refractivity contribution in [2.75, 3.05) is 13.2 Å². The number of alkyl halides is 1. The zero-order valence-electron chi connectivity index (χ0n) is 30.6. The van der Waals surface area contributed by atoms with Gasteiger partial charge in [0.2, 0.25) is 11.6 Å². The average molecular weight is 746 g/mol. The van der Waals surface area contributed by atoms with E-state index in [4.69, 9.17) is 19.9 Å². The molecule has 0 heterocycles. The van der Waals surface area contributed by atoms with Crippen LogP contribution in [0.3, 0.4) is 0 Å². The summed E-state index contributed by atoms with van der Waals surface area (Å²) in [4.78, 5) is 89.2. The highest BCUT2D eigenvalue weighted by Crippen LogP contribution is 2.71. The molecule has 13 heteroatoms. The van der Waals surface area contributed by atoms with Crippen molar-refractivity contribution in [1.82, 2.24) is 0 Å². The molecule has 1 aromatic rings. The largest absolute Gasteiger partial charge is 0.461 e. The third kappa shape index (κ3) is 5.96. The average Bonchev–Trinajstić information content (AvgIpc) is 3.33. The molecule has 5 aliphatic rings. The first kappa shape index (κ1) is 38.7. The van der Waals surface area contributed by atoms with Gasteiger partial charge in [-0.25, -0.2) is 4.39 Å². The molecule has 3 N–H and O–H groups in total. The second kappa shape index (κ2) is 14.0. The minimum Gasteiger partial charge on any atom is -0.461 e. The molecule has 0 saturated heterocycles. The molecule has 0 unspecified atom stereocenters. The SMILES string of the molecule is CC(=O)OCC(=O)[C@@]1(O)[C@H](C)C[C@H]2[C@@H]3CCC4=CC(=O)C=C[C@]4(C)[C@@]3(F)[C@@H](OC(=O)CCC(=O)OC/C=C/C3=C(N)C(=O)c4ccccc4C3=O)C[C@@]21C. The Labute approximate surface area is 311 Å². The van der Waals surface area contributed by atoms with Gasteiger partial charge in [-0.15, -0.1) is 0 Å². The molecule has 8 atom stereocenters. The Bertz CT molecular complexity index is 1980. The first-order valence-electron chi connectivity index (χ1n) is 18.1. The summed E-state index contributed by atoms with van der Waals surface area (Å²) in [7, 11) is 0. The van der Waals surface area contributed by atoms with Crippen molar-refractivity contribution in [3.05, 3.63) is 82.6 Å². The Morgan fingerprint density at radius 3 is 2.35 bits per heavy atom. The fourth-order valence-electron chi connectivity index (χ4n) is 9.89. The van der Waals surface area contributed by atoms with E-state index in [0.717, 1.165) is 6.92 Å². The highest BCUT2D eigenvalue weighted by Gasteiger charge is 2.76. The maximum Gasteiger partial charge on any atom is 0.306 e. The maximum atomic E-state index is 18.4. The number of halogens is 1. The molecule has 3 fully saturated rings. The summed E-state index contributed by atoms with van der Waals surface area (Å²) in [5, 5.41) is 12.2. The number of carbonyl (C=O) groups excluding carboxylic acids is 7. The number of hydrogen-bond acceptors (Lipinski definition) is 12. The lowest BCUT2D eigenvalue weighted by molar-refractivity contribution is -0.230. The summed E-state index contributed by atoms with van der Waals surface area (Å²) in [6.07, 6.45) is 5.12. The van der Waals surface area contributed by atoms with E-state index in [2.05, 4.69) is 0 Å². The van der Waals surface area contributed by atoms with E-state index in [-0.39, 0.29) is 54.0 Å². The zero-order valence-corrected chi connectivity index (χ0v) is 30.6. The number of benzene rings is 1. The van der Waals surface area contributed by atoms with Crippen molar-refractivity contribution in [2.24, 2.45) is 34.3 Å². The third-order valence-corrected chi connectivity index (χ3v) is 12.7. The van der Waals surface area contributed by atoms with Crippen LogP contribution in [0, 0.1) is 28.6 Å². The maximum absolute atomic E-state index is 18.4. The standard InChI is InChI=1S/C41H44FNO11/c1-22-18-30-29-12-11-24-19-25(45)15-16-38(24,3)40(29,42)32(20-39(30,4)41(22,51)31(46)21-53-23(2)44)54-34(48)14-13-33(47)52-17-7-10-28-35(43)37(50)27-9-6-5-8-26(27)36(28)49/h5-10,15-16,19,22,29-30,32,51H,11-14,17-18,20-21,43H2,1-4H3/b10-7+/t22-,29+,30+,32+,38+,39+,40+,41+/m1/s1. The first-order valence-corrected chi connectivity index (χ1v) is 18.1. The van der Waals surface area contributed by atoms with Crippen molar-refractivity contribution in [1.29, 1.82) is 0 Å². The van der Waals surface area contributed by atoms with Crippen LogP contribution in [0.5, 0.6) is 0 Å². The second-order valence-corrected chi connectivity index (χ2v) is 15.5. The van der Waals surface area contributed by atoms with E-state index < -0.39 is 101 Å². The molecule has 286 valence electrons. The van der Waals surface area contributed by atoms with Crippen molar-refractivity contribution >= 4 is 41.0 Å². The predicted molar refractivity (Wildman–Crippen MR) is 189 cm³/mol. The monoisotopic (exact) mass is 745 g/mol. The number of allylic oxidation sites excluding steroid dienone is 7. The fraction of sp³-hybridized carbons (Fsp3) is 0.488. The Morgan fingerprint density at radius 2 is 1.67 bits per heavy atom. The molecule has 3 saturated carbocycles. The highest BCUT2D eigenvalue weighted by atomic mass is 19.1. The number of nitrogens with two attached hydrogens (primary N) is 1. The van der Waals surface area contributed by atoms with Gasteiger partial charge in [0.1, 0.15) is 18.3 Å². The van der Waals surface area contributed by atoms with Gasteiger partial charge in [-0.1, -0.05) is 49.8 Å². The smallest absolute Gasteiger partial charge is 0.306 e. The van der Waals surface area contributed by atoms with Crippen molar-refractivity contribution < 1.29 is 57.3 Å². The van der Waals surface area contributed by atoms with E-state index in [1.165, 1.54) is 42.5 Å². The summed E-state index contributed by atoms with van der Waals surface area (Å²) in [5.41, 5.74) is -0.307. The molecule has 0 spiro atoms. The van der Waals surface area contributed by atoms with Gasteiger partial charge in [0.15, 0.2) is 23.8 Å². The van der Waals surface area contributed by atoms with Gasteiger partial charge in [0.25, 0.3) is 0 Å². The van der Waals surface area contributed by atoms with Gasteiger partial charge in [-0.3, -0.25) is 33.6 Å². The van der Waals surface area contributed by atoms with Gasteiger partial charge in [0.05, 0.1) is 18.5 Å². The van der Waals surface area contributed by atoms with Crippen LogP contribution in [0.15, 0.2) is 71.5 Å². The van der Waals surface area contributed by atoms with E-state index in [1.54, 1.807) is 32.9 Å². The van der Waals surface area contributed by atoms with Crippen molar-refractivity contribution in [3.8, 4) is 0 Å². The molecule has 0 radical (unpaired) electrons. The van der Waals surface area contributed by atoms with Crippen LogP contribution in [0.25, 0.3) is 0 Å². The number of ketones is 4. The summed E-state index contributed by atoms with van der Waals surface area (Å²) in [6.45, 7) is 5.22. The molecule has 54 heavy (non-hydrogen) atoms. The molecule has 0 bridgehead atoms. The number of esters is 3. The number of fused-ring (bicyclic) bond motifs is 6. The van der Waals surface area contributed by atoms with Crippen LogP contribution in [0.2, 0.25) is 0 Å². The summed E-state index contributed by atoms with van der Waals surface area (Å²) < 4.78 is 34.5. The summed E-state index contributed by atoms with van der Waals surface area (Å²) in [6, 6.07) is 6.27. The second-order valence-electron chi connectivity index (χ2n) is 15.5. The topological polar surface area (TPSA) is 193 Å². The Kier molecular flexibility index (Phi) is 10.0. The number of Topliss-reactive ketones (excluding diaryl/α,β-unsaturated/α-hetero) is 3. The molecule has 0 aromatic heterocycles. The van der Waals surface area contributed by atoms with Crippen LogP contribution in [0.4, 0.5) is 4.39 Å². The normalized spacial score (nSPS) is 34.0. The van der Waals surface area contributed by atoms with Crippen LogP contribution in [0.1, 0.15) is 86.9 Å². The number of carbonyl (C=O) groups is 7. The Balaban J connectivity index is 1.17. The van der Waals surface area contributed by atoms with Crippen LogP contribution >= 0.6 is 0 Å². The number of hydrogen-bond donors (Lipinski definition) is 2. The van der Waals surface area contributed by atoms with E-state index in [1.807, 2.05) is 0 Å². The lowest BCUT2D eigenvalue weighted by Gasteiger charge is -2.63. The van der Waals surface area contributed by atoms with Gasteiger partial charge >= 0.3 is 17.9 Å². The third-order valence-electron chi connectivity index (χ3n) is 12.7. The van der Waals surface area contributed by atoms with E-state index in [0.29, 0.717) is 12.0 Å². The first-order chi connectivity index (χ1) is 25.4. The Morgan fingerprint density at radius 1 is 1.00 bits per heavy atom.